The van der Waals surface area contributed by atoms with E-state index in [1.54, 1.807) is 6.92 Å². The molecule has 19 heavy (non-hydrogen) atoms. The van der Waals surface area contributed by atoms with Crippen LogP contribution in [0.25, 0.3) is 0 Å². The molecule has 0 amide bonds. The third-order valence-corrected chi connectivity index (χ3v) is 7.80. The third kappa shape index (κ3) is 3.00. The molecule has 0 aromatic carbocycles. The summed E-state index contributed by atoms with van der Waals surface area (Å²) >= 11 is 1.23. The highest BCUT2D eigenvalue weighted by atomic mass is 32.2. The quantitative estimate of drug-likeness (QED) is 0.842. The number of rotatable bonds is 3. The summed E-state index contributed by atoms with van der Waals surface area (Å²) in [5.74, 6) is -0.273. The van der Waals surface area contributed by atoms with Gasteiger partial charge in [0.1, 0.15) is 0 Å². The van der Waals surface area contributed by atoms with Crippen molar-refractivity contribution in [2.75, 3.05) is 24.6 Å². The van der Waals surface area contributed by atoms with E-state index in [2.05, 4.69) is 0 Å². The van der Waals surface area contributed by atoms with E-state index in [-0.39, 0.29) is 36.1 Å². The molecule has 0 aliphatic carbocycles. The summed E-state index contributed by atoms with van der Waals surface area (Å²) in [5, 5.41) is 9.04. The average Bonchev–Trinajstić information content (AvgIpc) is 2.70. The molecule has 0 unspecified atom stereocenters. The lowest BCUT2D eigenvalue weighted by Gasteiger charge is -2.25. The maximum atomic E-state index is 12.4. The number of sulfonamides is 1. The van der Waals surface area contributed by atoms with Gasteiger partial charge >= 0.3 is 0 Å². The van der Waals surface area contributed by atoms with E-state index in [1.165, 1.54) is 21.7 Å². The molecular weight excluding hydrogens is 310 g/mol. The topological polar surface area (TPSA) is 91.8 Å². The molecule has 1 aliphatic rings. The first-order valence-electron chi connectivity index (χ1n) is 5.67. The van der Waals surface area contributed by atoms with E-state index in [9.17, 15) is 16.8 Å². The first-order valence-corrected chi connectivity index (χ1v) is 9.75. The van der Waals surface area contributed by atoms with Crippen molar-refractivity contribution in [3.8, 4) is 0 Å². The number of aliphatic hydroxyl groups is 1. The predicted molar refractivity (Wildman–Crippen MR) is 72.4 cm³/mol. The zero-order valence-corrected chi connectivity index (χ0v) is 12.8. The minimum absolute atomic E-state index is 0.00554. The third-order valence-electron chi connectivity index (χ3n) is 3.00. The SMILES string of the molecule is Cc1sc(CO)cc1S(=O)(=O)N1CCS(=O)(=O)CC1. The molecule has 108 valence electrons. The molecule has 1 fully saturated rings. The van der Waals surface area contributed by atoms with Gasteiger partial charge in [-0.05, 0) is 13.0 Å². The van der Waals surface area contributed by atoms with Crippen LogP contribution in [0.15, 0.2) is 11.0 Å². The molecule has 9 heteroatoms. The van der Waals surface area contributed by atoms with E-state index in [0.29, 0.717) is 9.75 Å². The number of hydrogen-bond acceptors (Lipinski definition) is 6. The summed E-state index contributed by atoms with van der Waals surface area (Å²) < 4.78 is 48.7. The number of nitrogens with zero attached hydrogens (tertiary/aromatic N) is 1. The van der Waals surface area contributed by atoms with E-state index < -0.39 is 19.9 Å². The van der Waals surface area contributed by atoms with Crippen LogP contribution in [0.3, 0.4) is 0 Å². The molecule has 1 aliphatic heterocycles. The summed E-state index contributed by atoms with van der Waals surface area (Å²) in [5.41, 5.74) is 0. The Morgan fingerprint density at radius 3 is 2.42 bits per heavy atom. The van der Waals surface area contributed by atoms with Gasteiger partial charge in [-0.1, -0.05) is 0 Å². The molecule has 0 bridgehead atoms. The molecule has 0 saturated carbocycles. The summed E-state index contributed by atoms with van der Waals surface area (Å²) in [6.45, 7) is 1.47. The first-order chi connectivity index (χ1) is 8.76. The Morgan fingerprint density at radius 2 is 1.95 bits per heavy atom. The number of sulfone groups is 1. The van der Waals surface area contributed by atoms with Crippen molar-refractivity contribution in [3.63, 3.8) is 0 Å². The second-order valence-corrected chi connectivity index (χ2v) is 9.90. The van der Waals surface area contributed by atoms with Crippen molar-refractivity contribution < 1.29 is 21.9 Å². The van der Waals surface area contributed by atoms with Gasteiger partial charge in [0, 0.05) is 22.8 Å². The minimum atomic E-state index is -3.66. The molecule has 2 heterocycles. The van der Waals surface area contributed by atoms with Crippen LogP contribution in [0.5, 0.6) is 0 Å². The van der Waals surface area contributed by atoms with Crippen LogP contribution < -0.4 is 0 Å². The van der Waals surface area contributed by atoms with Crippen LogP contribution in [-0.4, -0.2) is 50.8 Å². The van der Waals surface area contributed by atoms with Gasteiger partial charge in [0.2, 0.25) is 10.0 Å². The molecule has 0 radical (unpaired) electrons. The normalized spacial score (nSPS) is 20.5. The highest BCUT2D eigenvalue weighted by molar-refractivity contribution is 7.92. The molecule has 1 aromatic rings. The van der Waals surface area contributed by atoms with Crippen LogP contribution in [0, 0.1) is 6.92 Å². The lowest BCUT2D eigenvalue weighted by atomic mass is 10.4. The number of aryl methyl sites for hydroxylation is 1. The summed E-state index contributed by atoms with van der Waals surface area (Å²) in [4.78, 5) is 1.36. The summed E-state index contributed by atoms with van der Waals surface area (Å²) in [7, 11) is -6.78. The van der Waals surface area contributed by atoms with Gasteiger partial charge in [0.25, 0.3) is 0 Å². The van der Waals surface area contributed by atoms with Gasteiger partial charge in [-0.2, -0.15) is 4.31 Å². The van der Waals surface area contributed by atoms with Gasteiger partial charge in [-0.15, -0.1) is 11.3 Å². The molecule has 0 atom stereocenters. The van der Waals surface area contributed by atoms with Crippen molar-refractivity contribution in [1.82, 2.24) is 4.31 Å². The van der Waals surface area contributed by atoms with Crippen LogP contribution in [0.2, 0.25) is 0 Å². The number of thiophene rings is 1. The Bertz CT molecular complexity index is 660. The van der Waals surface area contributed by atoms with Crippen molar-refractivity contribution >= 4 is 31.2 Å². The monoisotopic (exact) mass is 325 g/mol. The molecule has 1 N–H and O–H groups in total. The maximum Gasteiger partial charge on any atom is 0.244 e. The largest absolute Gasteiger partial charge is 0.391 e. The van der Waals surface area contributed by atoms with Crippen LogP contribution in [0.1, 0.15) is 9.75 Å². The van der Waals surface area contributed by atoms with Crippen LogP contribution in [-0.2, 0) is 26.5 Å². The second kappa shape index (κ2) is 5.13. The first kappa shape index (κ1) is 14.9. The zero-order chi connectivity index (χ0) is 14.3. The lowest BCUT2D eigenvalue weighted by molar-refractivity contribution is 0.285. The van der Waals surface area contributed by atoms with Crippen LogP contribution >= 0.6 is 11.3 Å². The lowest BCUT2D eigenvalue weighted by Crippen LogP contribution is -2.43. The fraction of sp³-hybridized carbons (Fsp3) is 0.600. The van der Waals surface area contributed by atoms with Gasteiger partial charge in [-0.3, -0.25) is 0 Å². The Labute approximate surface area is 116 Å². The highest BCUT2D eigenvalue weighted by Gasteiger charge is 2.32. The summed E-state index contributed by atoms with van der Waals surface area (Å²) in [6, 6.07) is 1.46. The molecular formula is C10H15NO5S3. The molecule has 1 aromatic heterocycles. The predicted octanol–water partition coefficient (Wildman–Crippen LogP) is -0.0321. The van der Waals surface area contributed by atoms with Crippen molar-refractivity contribution in [2.45, 2.75) is 18.4 Å². The smallest absolute Gasteiger partial charge is 0.244 e. The van der Waals surface area contributed by atoms with Gasteiger partial charge < -0.3 is 5.11 Å². The standard InChI is InChI=1S/C10H15NO5S3/c1-8-10(6-9(7-12)17-8)19(15,16)11-2-4-18(13,14)5-3-11/h6,12H,2-5,7H2,1H3. The van der Waals surface area contributed by atoms with Gasteiger partial charge in [0.05, 0.1) is 23.0 Å². The molecule has 6 nitrogen and oxygen atoms in total. The van der Waals surface area contributed by atoms with E-state index in [0.717, 1.165) is 0 Å². The van der Waals surface area contributed by atoms with E-state index in [4.69, 9.17) is 5.11 Å². The minimum Gasteiger partial charge on any atom is -0.391 e. The van der Waals surface area contributed by atoms with E-state index in [1.807, 2.05) is 0 Å². The van der Waals surface area contributed by atoms with Crippen molar-refractivity contribution in [1.29, 1.82) is 0 Å². The zero-order valence-electron chi connectivity index (χ0n) is 10.4. The van der Waals surface area contributed by atoms with Gasteiger partial charge in [-0.25, -0.2) is 16.8 Å². The average molecular weight is 325 g/mol. The second-order valence-electron chi connectivity index (χ2n) is 4.35. The number of aliphatic hydroxyl groups excluding tert-OH is 1. The fourth-order valence-corrected chi connectivity index (χ4v) is 6.27. The maximum absolute atomic E-state index is 12.4. The molecule has 0 spiro atoms. The molecule has 1 saturated heterocycles. The molecule has 2 rings (SSSR count). The fourth-order valence-electron chi connectivity index (χ4n) is 1.93. The Balaban J connectivity index is 2.30. The van der Waals surface area contributed by atoms with Crippen molar-refractivity contribution in [3.05, 3.63) is 15.8 Å². The summed E-state index contributed by atoms with van der Waals surface area (Å²) in [6.07, 6.45) is 0. The van der Waals surface area contributed by atoms with Gasteiger partial charge in [0.15, 0.2) is 9.84 Å². The number of hydrogen-bond donors (Lipinski definition) is 1. The Hall–Kier alpha value is -0.480. The van der Waals surface area contributed by atoms with Crippen LogP contribution in [0.4, 0.5) is 0 Å². The Morgan fingerprint density at radius 1 is 1.37 bits per heavy atom. The highest BCUT2D eigenvalue weighted by Crippen LogP contribution is 2.28. The Kier molecular flexibility index (Phi) is 4.03. The van der Waals surface area contributed by atoms with Crippen molar-refractivity contribution in [2.24, 2.45) is 0 Å². The van der Waals surface area contributed by atoms with E-state index >= 15 is 0 Å².